The fourth-order valence-corrected chi connectivity index (χ4v) is 7.85. The molecule has 1 saturated heterocycles. The van der Waals surface area contributed by atoms with Gasteiger partial charge in [0.2, 0.25) is 0 Å². The van der Waals surface area contributed by atoms with Gasteiger partial charge in [-0.15, -0.1) is 0 Å². The second-order valence-electron chi connectivity index (χ2n) is 12.0. The molecule has 4 heterocycles. The highest BCUT2D eigenvalue weighted by Gasteiger charge is 2.39. The third-order valence-corrected chi connectivity index (χ3v) is 9.65. The van der Waals surface area contributed by atoms with Crippen molar-refractivity contribution in [3.63, 3.8) is 0 Å². The molecule has 0 radical (unpaired) electrons. The fraction of sp³-hybridized carbons (Fsp3) is 0.438. The lowest BCUT2D eigenvalue weighted by Crippen LogP contribution is -2.48. The summed E-state index contributed by atoms with van der Waals surface area (Å²) < 4.78 is 0. The van der Waals surface area contributed by atoms with Crippen LogP contribution in [0.2, 0.25) is 0 Å². The number of benzene rings is 2. The third kappa shape index (κ3) is 3.77. The van der Waals surface area contributed by atoms with Gasteiger partial charge >= 0.3 is 0 Å². The van der Waals surface area contributed by atoms with Gasteiger partial charge in [0.15, 0.2) is 0 Å². The maximum absolute atomic E-state index is 9.52. The Balaban J connectivity index is 0.000000127. The van der Waals surface area contributed by atoms with E-state index in [1.54, 1.807) is 0 Å². The van der Waals surface area contributed by atoms with E-state index in [0.717, 1.165) is 32.4 Å². The van der Waals surface area contributed by atoms with Gasteiger partial charge < -0.3 is 25.1 Å². The van der Waals surface area contributed by atoms with Crippen LogP contribution in [0.5, 0.6) is 0 Å². The van der Waals surface area contributed by atoms with Crippen molar-refractivity contribution in [1.82, 2.24) is 19.8 Å². The normalized spacial score (nSPS) is 28.4. The van der Waals surface area contributed by atoms with Crippen LogP contribution < -0.4 is 0 Å². The number of fused-ring (bicyclic) bond motifs is 4. The van der Waals surface area contributed by atoms with E-state index < -0.39 is 0 Å². The Morgan fingerprint density at radius 3 is 2.34 bits per heavy atom. The monoisotopic (exact) mass is 510 g/mol. The molecule has 4 N–H and O–H groups in total. The Hall–Kier alpha value is -2.90. The molecule has 0 saturated carbocycles. The van der Waals surface area contributed by atoms with E-state index in [1.807, 2.05) is 0 Å². The lowest BCUT2D eigenvalue weighted by Gasteiger charge is -2.45. The number of H-pyrrole nitrogens is 2. The van der Waals surface area contributed by atoms with Gasteiger partial charge in [0.05, 0.1) is 6.61 Å². The van der Waals surface area contributed by atoms with Gasteiger partial charge in [-0.3, -0.25) is 4.90 Å². The first-order valence-electron chi connectivity index (χ1n) is 14.1. The molecule has 198 valence electrons. The molecule has 2 aromatic heterocycles. The summed E-state index contributed by atoms with van der Waals surface area (Å²) in [5, 5.41) is 21.8. The summed E-state index contributed by atoms with van der Waals surface area (Å²) in [5.74, 6) is 1.25. The highest BCUT2D eigenvalue weighted by atomic mass is 16.3. The van der Waals surface area contributed by atoms with Crippen LogP contribution in [0.15, 0.2) is 54.9 Å². The zero-order valence-electron chi connectivity index (χ0n) is 22.3. The van der Waals surface area contributed by atoms with Crippen LogP contribution in [-0.2, 0) is 12.8 Å². The molecule has 0 unspecified atom stereocenters. The zero-order valence-corrected chi connectivity index (χ0v) is 22.3. The average molecular weight is 511 g/mol. The van der Waals surface area contributed by atoms with Crippen LogP contribution in [-0.4, -0.2) is 82.5 Å². The maximum Gasteiger partial charge on any atom is 0.0506 e. The van der Waals surface area contributed by atoms with Crippen LogP contribution in [0.25, 0.3) is 27.4 Å². The van der Waals surface area contributed by atoms with Crippen molar-refractivity contribution in [2.45, 2.75) is 37.3 Å². The standard InChI is InChI=1S/C16H20N2O.C16H18N2O/c2*1-18-8-10(9-19)5-13-12-3-2-4-14-16(12)11(7-17-14)6-15(13)18/h2-4,7,10,13,15,17,19H,5-6,8-9H2,1H3;2-5,7,10,15,17,19H,6,8-9H2,1H3/t10-,13-,15-;10-,15-/m11/s1. The van der Waals surface area contributed by atoms with Crippen LogP contribution in [0.3, 0.4) is 0 Å². The summed E-state index contributed by atoms with van der Waals surface area (Å²) in [6, 6.07) is 14.1. The SMILES string of the molecule is CN1C[C@H](CO)C=C2c3cccc4[nH]cc(c34)C[C@H]21.CN1C[C@H](CO)C[C@@H]2c3cccc4[nH]cc(c34)C[C@H]21. The second-order valence-corrected chi connectivity index (χ2v) is 12.0. The number of nitrogens with one attached hydrogen (secondary N) is 2. The molecule has 4 aliphatic rings. The van der Waals surface area contributed by atoms with Gasteiger partial charge in [-0.05, 0) is 79.2 Å². The average Bonchev–Trinajstić information content (AvgIpc) is 3.56. The van der Waals surface area contributed by atoms with E-state index in [4.69, 9.17) is 0 Å². The molecule has 0 bridgehead atoms. The number of aliphatic hydroxyl groups is 2. The van der Waals surface area contributed by atoms with Gasteiger partial charge in [0.1, 0.15) is 0 Å². The number of rotatable bonds is 2. The quantitative estimate of drug-likeness (QED) is 0.327. The Morgan fingerprint density at radius 2 is 1.58 bits per heavy atom. The molecule has 38 heavy (non-hydrogen) atoms. The molecule has 6 nitrogen and oxygen atoms in total. The van der Waals surface area contributed by atoms with Crippen LogP contribution in [0.4, 0.5) is 0 Å². The van der Waals surface area contributed by atoms with Gasteiger partial charge in [-0.25, -0.2) is 0 Å². The van der Waals surface area contributed by atoms with E-state index in [-0.39, 0.29) is 12.5 Å². The van der Waals surface area contributed by atoms with Crippen molar-refractivity contribution >= 4 is 27.4 Å². The van der Waals surface area contributed by atoms with Crippen LogP contribution in [0.1, 0.15) is 34.6 Å². The number of aromatic amines is 2. The highest BCUT2D eigenvalue weighted by Crippen LogP contribution is 2.44. The van der Waals surface area contributed by atoms with E-state index in [0.29, 0.717) is 30.5 Å². The fourth-order valence-electron chi connectivity index (χ4n) is 7.85. The maximum atomic E-state index is 9.52. The number of nitrogens with zero attached hydrogens (tertiary/aromatic N) is 2. The zero-order chi connectivity index (χ0) is 26.0. The minimum absolute atomic E-state index is 0.233. The van der Waals surface area contributed by atoms with Gasteiger partial charge in [-0.1, -0.05) is 30.3 Å². The lowest BCUT2D eigenvalue weighted by molar-refractivity contribution is 0.0772. The van der Waals surface area contributed by atoms with Crippen molar-refractivity contribution in [1.29, 1.82) is 0 Å². The van der Waals surface area contributed by atoms with Gasteiger partial charge in [0.25, 0.3) is 0 Å². The van der Waals surface area contributed by atoms with E-state index in [2.05, 4.69) is 88.7 Å². The molecule has 2 aliphatic heterocycles. The van der Waals surface area contributed by atoms with Crippen molar-refractivity contribution in [3.8, 4) is 0 Å². The predicted octanol–water partition coefficient (Wildman–Crippen LogP) is 4.15. The first-order chi connectivity index (χ1) is 18.6. The Bertz CT molecular complexity index is 1520. The van der Waals surface area contributed by atoms with Gasteiger partial charge in [-0.2, -0.15) is 0 Å². The number of aliphatic hydroxyl groups excluding tert-OH is 2. The summed E-state index contributed by atoms with van der Waals surface area (Å²) in [4.78, 5) is 11.6. The molecule has 0 spiro atoms. The van der Waals surface area contributed by atoms with Crippen molar-refractivity contribution in [3.05, 3.63) is 77.1 Å². The predicted molar refractivity (Wildman–Crippen MR) is 153 cm³/mol. The summed E-state index contributed by atoms with van der Waals surface area (Å²) in [6.45, 7) is 2.51. The lowest BCUT2D eigenvalue weighted by atomic mass is 9.72. The van der Waals surface area contributed by atoms with Crippen molar-refractivity contribution < 1.29 is 10.2 Å². The number of likely N-dealkylation sites (N-methyl/N-ethyl adjacent to an activating group) is 2. The molecule has 8 rings (SSSR count). The molecular formula is C32H38N4O2. The van der Waals surface area contributed by atoms with E-state index >= 15 is 0 Å². The number of piperidine rings is 1. The van der Waals surface area contributed by atoms with Crippen LogP contribution in [0, 0.1) is 11.8 Å². The molecule has 2 aliphatic carbocycles. The van der Waals surface area contributed by atoms with Gasteiger partial charge in [0, 0.05) is 77.8 Å². The number of hydrogen-bond acceptors (Lipinski definition) is 4. The summed E-state index contributed by atoms with van der Waals surface area (Å²) in [6.07, 6.45) is 9.94. The van der Waals surface area contributed by atoms with Crippen molar-refractivity contribution in [2.75, 3.05) is 40.4 Å². The van der Waals surface area contributed by atoms with E-state index in [1.165, 1.54) is 49.6 Å². The number of hydrogen-bond donors (Lipinski definition) is 4. The molecule has 2 aromatic carbocycles. The highest BCUT2D eigenvalue weighted by molar-refractivity contribution is 5.98. The minimum Gasteiger partial charge on any atom is -0.396 e. The van der Waals surface area contributed by atoms with E-state index in [9.17, 15) is 10.2 Å². The smallest absolute Gasteiger partial charge is 0.0506 e. The summed E-state index contributed by atoms with van der Waals surface area (Å²) >= 11 is 0. The second kappa shape index (κ2) is 9.38. The Morgan fingerprint density at radius 1 is 0.842 bits per heavy atom. The third-order valence-electron chi connectivity index (χ3n) is 9.65. The largest absolute Gasteiger partial charge is 0.396 e. The Kier molecular flexibility index (Phi) is 5.97. The summed E-state index contributed by atoms with van der Waals surface area (Å²) in [7, 11) is 4.37. The first kappa shape index (κ1) is 24.2. The molecule has 0 amide bonds. The molecule has 6 heteroatoms. The Labute approximate surface area is 224 Å². The van der Waals surface area contributed by atoms with Crippen molar-refractivity contribution in [2.24, 2.45) is 11.8 Å². The summed E-state index contributed by atoms with van der Waals surface area (Å²) in [5.41, 5.74) is 9.58. The molecule has 5 atom stereocenters. The minimum atomic E-state index is 0.233. The molecule has 1 fully saturated rings. The first-order valence-corrected chi connectivity index (χ1v) is 14.1. The molecular weight excluding hydrogens is 472 g/mol. The van der Waals surface area contributed by atoms with Crippen LogP contribution >= 0.6 is 0 Å². The molecule has 4 aromatic rings. The number of likely N-dealkylation sites (tertiary alicyclic amines) is 1. The number of aromatic nitrogens is 2. The topological polar surface area (TPSA) is 78.5 Å².